The van der Waals surface area contributed by atoms with Crippen LogP contribution in [0.15, 0.2) is 0 Å². The molecule has 0 saturated heterocycles. The standard InChI is InChI=1S/C3F5IO/c4-1(10)2(5,9)3(6,7)8. The molecule has 1 nitrogen and oxygen atoms in total. The molecule has 0 bridgehead atoms. The zero-order chi connectivity index (χ0) is 8.58. The number of alkyl halides is 5. The third-order valence-electron chi connectivity index (χ3n) is 0.603. The minimum atomic E-state index is -5.49. The minimum absolute atomic E-state index is 0.0562. The average Bonchev–Trinajstić information content (AvgIpc) is 1.62. The van der Waals surface area contributed by atoms with Crippen molar-refractivity contribution in [1.82, 2.24) is 0 Å². The van der Waals surface area contributed by atoms with E-state index in [1.165, 1.54) is 0 Å². The fraction of sp³-hybridized carbons (Fsp3) is 0.667. The molecule has 1 unspecified atom stereocenters. The number of rotatable bonds is 1. The van der Waals surface area contributed by atoms with Gasteiger partial charge in [-0.1, -0.05) is 0 Å². The summed E-state index contributed by atoms with van der Waals surface area (Å²) >= 11 is 0.0562. The van der Waals surface area contributed by atoms with Gasteiger partial charge in [-0.05, 0) is 22.6 Å². The van der Waals surface area contributed by atoms with Crippen molar-refractivity contribution in [3.63, 3.8) is 0 Å². The van der Waals surface area contributed by atoms with Crippen molar-refractivity contribution in [1.29, 1.82) is 0 Å². The second-order valence-electron chi connectivity index (χ2n) is 1.35. The molecule has 60 valence electrons. The Morgan fingerprint density at radius 2 is 1.50 bits per heavy atom. The van der Waals surface area contributed by atoms with Gasteiger partial charge >= 0.3 is 15.9 Å². The summed E-state index contributed by atoms with van der Waals surface area (Å²) in [7, 11) is 0. The monoisotopic (exact) mass is 274 g/mol. The van der Waals surface area contributed by atoms with E-state index in [1.54, 1.807) is 0 Å². The van der Waals surface area contributed by atoms with Gasteiger partial charge in [-0.15, -0.1) is 0 Å². The number of hydrogen-bond acceptors (Lipinski definition) is 1. The molecule has 0 rings (SSSR count). The van der Waals surface area contributed by atoms with Crippen molar-refractivity contribution in [3.8, 4) is 0 Å². The smallest absolute Gasteiger partial charge is 0.256 e. The Balaban J connectivity index is 4.57. The fourth-order valence-corrected chi connectivity index (χ4v) is 0.111. The van der Waals surface area contributed by atoms with Crippen LogP contribution in [0.1, 0.15) is 0 Å². The number of carbonyl (C=O) groups excluding carboxylic acids is 1. The Morgan fingerprint density at radius 3 is 1.50 bits per heavy atom. The van der Waals surface area contributed by atoms with Crippen molar-refractivity contribution in [2.24, 2.45) is 0 Å². The first kappa shape index (κ1) is 10.0. The molecule has 0 spiro atoms. The lowest BCUT2D eigenvalue weighted by atomic mass is 10.4. The highest BCUT2D eigenvalue weighted by Crippen LogP contribution is 2.40. The van der Waals surface area contributed by atoms with Crippen LogP contribution in [0, 0.1) is 0 Å². The van der Waals surface area contributed by atoms with E-state index in [1.807, 2.05) is 0 Å². The molecule has 0 aromatic heterocycles. The molecule has 0 aliphatic carbocycles. The van der Waals surface area contributed by atoms with Gasteiger partial charge in [0.25, 0.3) is 0 Å². The van der Waals surface area contributed by atoms with Crippen molar-refractivity contribution < 1.29 is 26.7 Å². The van der Waals surface area contributed by atoms with Crippen LogP contribution in [0.4, 0.5) is 22.0 Å². The summed E-state index contributed by atoms with van der Waals surface area (Å²) in [5.74, 6) is 0. The summed E-state index contributed by atoms with van der Waals surface area (Å²) in [6.45, 7) is 0. The Hall–Kier alpha value is 0.0500. The third kappa shape index (κ3) is 1.77. The van der Waals surface area contributed by atoms with E-state index >= 15 is 0 Å². The highest BCUT2D eigenvalue weighted by molar-refractivity contribution is 14.1. The van der Waals surface area contributed by atoms with Gasteiger partial charge in [0.1, 0.15) is 0 Å². The lowest BCUT2D eigenvalue weighted by Gasteiger charge is -2.15. The number of carbonyl (C=O) groups is 1. The van der Waals surface area contributed by atoms with Crippen LogP contribution in [0.5, 0.6) is 0 Å². The maximum absolute atomic E-state index is 11.9. The maximum atomic E-state index is 11.9. The molecule has 0 aliphatic rings. The Kier molecular flexibility index (Phi) is 2.60. The van der Waals surface area contributed by atoms with E-state index in [9.17, 15) is 26.7 Å². The largest absolute Gasteiger partial charge is 0.442 e. The lowest BCUT2D eigenvalue weighted by Crippen LogP contribution is -2.40. The Bertz CT molecular complexity index is 149. The lowest BCUT2D eigenvalue weighted by molar-refractivity contribution is -0.197. The van der Waals surface area contributed by atoms with Gasteiger partial charge < -0.3 is 0 Å². The zero-order valence-corrected chi connectivity index (χ0v) is 6.33. The van der Waals surface area contributed by atoms with Gasteiger partial charge in [0.05, 0.1) is 0 Å². The van der Waals surface area contributed by atoms with E-state index in [-0.39, 0.29) is 22.6 Å². The minimum Gasteiger partial charge on any atom is -0.256 e. The highest BCUT2D eigenvalue weighted by atomic mass is 127. The second kappa shape index (κ2) is 2.59. The van der Waals surface area contributed by atoms with Gasteiger partial charge in [-0.25, -0.2) is 4.39 Å². The molecule has 0 aliphatic heterocycles. The molecular weight excluding hydrogens is 274 g/mol. The first-order chi connectivity index (χ1) is 4.19. The average molecular weight is 274 g/mol. The molecule has 0 aromatic rings. The van der Waals surface area contributed by atoms with Gasteiger partial charge in [0.15, 0.2) is 0 Å². The van der Waals surface area contributed by atoms with Crippen LogP contribution in [0.3, 0.4) is 0 Å². The molecule has 0 amide bonds. The van der Waals surface area contributed by atoms with E-state index in [4.69, 9.17) is 0 Å². The molecule has 7 heteroatoms. The molecule has 1 atom stereocenters. The molecule has 0 fully saturated rings. The maximum Gasteiger partial charge on any atom is 0.442 e. The Morgan fingerprint density at radius 1 is 1.20 bits per heavy atom. The van der Waals surface area contributed by atoms with Gasteiger partial charge in [0, 0.05) is 0 Å². The van der Waals surface area contributed by atoms with Gasteiger partial charge in [0.2, 0.25) is 0 Å². The molecule has 0 aromatic carbocycles. The summed E-state index contributed by atoms with van der Waals surface area (Å²) in [4.78, 5) is 9.34. The Labute approximate surface area is 65.7 Å². The predicted octanol–water partition coefficient (Wildman–Crippen LogP) is 2.15. The van der Waals surface area contributed by atoms with Crippen molar-refractivity contribution in [3.05, 3.63) is 0 Å². The van der Waals surface area contributed by atoms with Gasteiger partial charge in [-0.2, -0.15) is 17.6 Å². The van der Waals surface area contributed by atoms with Crippen LogP contribution in [-0.2, 0) is 4.79 Å². The zero-order valence-electron chi connectivity index (χ0n) is 4.18. The van der Waals surface area contributed by atoms with E-state index in [0.29, 0.717) is 0 Å². The van der Waals surface area contributed by atoms with Crippen molar-refractivity contribution in [2.75, 3.05) is 0 Å². The topological polar surface area (TPSA) is 17.1 Å². The number of halogens is 6. The number of hydrogen-bond donors (Lipinski definition) is 0. The third-order valence-corrected chi connectivity index (χ3v) is 1.64. The van der Waals surface area contributed by atoms with Crippen molar-refractivity contribution in [2.45, 2.75) is 9.85 Å². The summed E-state index contributed by atoms with van der Waals surface area (Å²) in [5, 5.41) is 0. The second-order valence-corrected chi connectivity index (χ2v) is 2.83. The normalized spacial score (nSPS) is 18.2. The molecule has 0 heterocycles. The SMILES string of the molecule is O=C(F)C(F)(I)C(F)(F)F. The van der Waals surface area contributed by atoms with Crippen LogP contribution in [-0.4, -0.2) is 15.9 Å². The van der Waals surface area contributed by atoms with Crippen molar-refractivity contribution >= 4 is 28.6 Å². The molecule has 0 radical (unpaired) electrons. The van der Waals surface area contributed by atoms with Crippen LogP contribution in [0.2, 0.25) is 0 Å². The molecule has 0 N–H and O–H groups in total. The summed E-state index contributed by atoms with van der Waals surface area (Å²) < 4.78 is 52.4. The summed E-state index contributed by atoms with van der Waals surface area (Å²) in [5.41, 5.74) is 0. The van der Waals surface area contributed by atoms with Crippen LogP contribution < -0.4 is 0 Å². The van der Waals surface area contributed by atoms with E-state index < -0.39 is 15.9 Å². The first-order valence-electron chi connectivity index (χ1n) is 1.84. The summed E-state index contributed by atoms with van der Waals surface area (Å²) in [6.07, 6.45) is -5.49. The summed E-state index contributed by atoms with van der Waals surface area (Å²) in [6, 6.07) is -3.04. The highest BCUT2D eigenvalue weighted by Gasteiger charge is 2.60. The van der Waals surface area contributed by atoms with Gasteiger partial charge in [-0.3, -0.25) is 4.79 Å². The first-order valence-corrected chi connectivity index (χ1v) is 2.92. The van der Waals surface area contributed by atoms with Crippen LogP contribution >= 0.6 is 22.6 Å². The van der Waals surface area contributed by atoms with E-state index in [0.717, 1.165) is 0 Å². The molecular formula is C3F5IO. The molecule has 0 saturated carbocycles. The fourth-order valence-electron chi connectivity index (χ4n) is 0.111. The predicted molar refractivity (Wildman–Crippen MR) is 30.0 cm³/mol. The van der Waals surface area contributed by atoms with E-state index in [2.05, 4.69) is 0 Å². The van der Waals surface area contributed by atoms with Crippen LogP contribution in [0.25, 0.3) is 0 Å². The quantitative estimate of drug-likeness (QED) is 0.310. The molecule has 10 heavy (non-hydrogen) atoms.